The van der Waals surface area contributed by atoms with E-state index in [2.05, 4.69) is 18.2 Å². The van der Waals surface area contributed by atoms with Crippen molar-refractivity contribution in [3.63, 3.8) is 0 Å². The first-order valence-electron chi connectivity index (χ1n) is 8.23. The van der Waals surface area contributed by atoms with Gasteiger partial charge in [-0.25, -0.2) is 0 Å². The zero-order valence-corrected chi connectivity index (χ0v) is 12.1. The number of rotatable bonds is 3. The number of hydrogen-bond donors (Lipinski definition) is 1. The Kier molecular flexibility index (Phi) is 3.22. The van der Waals surface area contributed by atoms with Gasteiger partial charge in [0.05, 0.1) is 12.7 Å². The van der Waals surface area contributed by atoms with Crippen LogP contribution < -0.4 is 4.74 Å². The van der Waals surface area contributed by atoms with Gasteiger partial charge in [-0.05, 0) is 79.5 Å². The Balaban J connectivity index is 1.43. The van der Waals surface area contributed by atoms with E-state index in [1.54, 1.807) is 0 Å². The molecule has 2 fully saturated rings. The highest BCUT2D eigenvalue weighted by Gasteiger charge is 2.39. The highest BCUT2D eigenvalue weighted by Crippen LogP contribution is 2.48. The van der Waals surface area contributed by atoms with Gasteiger partial charge in [0, 0.05) is 0 Å². The van der Waals surface area contributed by atoms with Gasteiger partial charge < -0.3 is 9.84 Å². The summed E-state index contributed by atoms with van der Waals surface area (Å²) < 4.78 is 6.05. The Morgan fingerprint density at radius 2 is 2.10 bits per heavy atom. The largest absolute Gasteiger partial charge is 0.493 e. The van der Waals surface area contributed by atoms with Gasteiger partial charge in [-0.15, -0.1) is 0 Å². The van der Waals surface area contributed by atoms with Crippen LogP contribution >= 0.6 is 0 Å². The van der Waals surface area contributed by atoms with Crippen molar-refractivity contribution in [2.75, 3.05) is 6.61 Å². The average molecular weight is 272 g/mol. The summed E-state index contributed by atoms with van der Waals surface area (Å²) in [5.74, 6) is 3.63. The molecule has 3 unspecified atom stereocenters. The van der Waals surface area contributed by atoms with E-state index in [4.69, 9.17) is 4.74 Å². The third-order valence-corrected chi connectivity index (χ3v) is 5.75. The summed E-state index contributed by atoms with van der Waals surface area (Å²) in [6.07, 6.45) is 8.48. The summed E-state index contributed by atoms with van der Waals surface area (Å²) in [7, 11) is 0. The van der Waals surface area contributed by atoms with Crippen LogP contribution in [0.3, 0.4) is 0 Å². The topological polar surface area (TPSA) is 29.5 Å². The van der Waals surface area contributed by atoms with E-state index in [0.29, 0.717) is 0 Å². The molecule has 1 aromatic rings. The molecule has 3 aliphatic carbocycles. The quantitative estimate of drug-likeness (QED) is 0.905. The van der Waals surface area contributed by atoms with Gasteiger partial charge in [-0.3, -0.25) is 0 Å². The fourth-order valence-electron chi connectivity index (χ4n) is 4.63. The number of aliphatic hydroxyl groups excluding tert-OH is 1. The molecule has 108 valence electrons. The first-order valence-corrected chi connectivity index (χ1v) is 8.23. The molecule has 0 amide bonds. The second kappa shape index (κ2) is 5.07. The van der Waals surface area contributed by atoms with Crippen LogP contribution in [0.2, 0.25) is 0 Å². The highest BCUT2D eigenvalue weighted by molar-refractivity contribution is 5.38. The Labute approximate surface area is 121 Å². The lowest BCUT2D eigenvalue weighted by Crippen LogP contribution is -2.18. The zero-order valence-electron chi connectivity index (χ0n) is 12.1. The fourth-order valence-corrected chi connectivity index (χ4v) is 4.63. The van der Waals surface area contributed by atoms with E-state index in [1.165, 1.54) is 31.2 Å². The third-order valence-electron chi connectivity index (χ3n) is 5.75. The van der Waals surface area contributed by atoms with Gasteiger partial charge in [-0.2, -0.15) is 0 Å². The molecule has 1 N–H and O–H groups in total. The summed E-state index contributed by atoms with van der Waals surface area (Å²) in [4.78, 5) is 0. The molecule has 3 aliphatic rings. The minimum atomic E-state index is -0.287. The maximum Gasteiger partial charge on any atom is 0.119 e. The molecule has 2 heteroatoms. The van der Waals surface area contributed by atoms with Crippen molar-refractivity contribution in [3.8, 4) is 5.75 Å². The molecule has 2 bridgehead atoms. The number of aliphatic hydroxyl groups is 1. The van der Waals surface area contributed by atoms with Crippen molar-refractivity contribution in [1.82, 2.24) is 0 Å². The average Bonchev–Trinajstić information content (AvgIpc) is 3.08. The predicted octanol–water partition coefficient (Wildman–Crippen LogP) is 3.87. The van der Waals surface area contributed by atoms with Crippen molar-refractivity contribution in [2.24, 2.45) is 17.8 Å². The van der Waals surface area contributed by atoms with Gasteiger partial charge in [0.1, 0.15) is 5.75 Å². The monoisotopic (exact) mass is 272 g/mol. The normalized spacial score (nSPS) is 35.0. The summed E-state index contributed by atoms with van der Waals surface area (Å²) in [6, 6.07) is 6.31. The molecule has 2 nitrogen and oxygen atoms in total. The molecule has 0 spiro atoms. The number of hydrogen-bond acceptors (Lipinski definition) is 2. The predicted molar refractivity (Wildman–Crippen MR) is 78.8 cm³/mol. The van der Waals surface area contributed by atoms with Crippen molar-refractivity contribution < 1.29 is 9.84 Å². The van der Waals surface area contributed by atoms with Crippen molar-refractivity contribution in [3.05, 3.63) is 29.3 Å². The van der Waals surface area contributed by atoms with Crippen LogP contribution in [0.1, 0.15) is 55.8 Å². The fraction of sp³-hybridized carbons (Fsp3) is 0.667. The van der Waals surface area contributed by atoms with E-state index in [0.717, 1.165) is 54.9 Å². The van der Waals surface area contributed by atoms with Crippen molar-refractivity contribution in [2.45, 2.75) is 51.0 Å². The smallest absolute Gasteiger partial charge is 0.119 e. The van der Waals surface area contributed by atoms with Crippen LogP contribution in [0.5, 0.6) is 5.75 Å². The summed E-state index contributed by atoms with van der Waals surface area (Å²) >= 11 is 0. The number of benzene rings is 1. The van der Waals surface area contributed by atoms with Gasteiger partial charge in [0.15, 0.2) is 0 Å². The molecule has 0 saturated heterocycles. The molecule has 20 heavy (non-hydrogen) atoms. The minimum Gasteiger partial charge on any atom is -0.493 e. The van der Waals surface area contributed by atoms with E-state index in [-0.39, 0.29) is 6.10 Å². The van der Waals surface area contributed by atoms with E-state index < -0.39 is 0 Å². The van der Waals surface area contributed by atoms with Crippen LogP contribution in [0, 0.1) is 17.8 Å². The van der Waals surface area contributed by atoms with Crippen LogP contribution in [-0.2, 0) is 6.42 Å². The Hall–Kier alpha value is -1.02. The highest BCUT2D eigenvalue weighted by atomic mass is 16.5. The summed E-state index contributed by atoms with van der Waals surface area (Å²) in [6.45, 7) is 0.871. The van der Waals surface area contributed by atoms with E-state index >= 15 is 0 Å². The Morgan fingerprint density at radius 1 is 1.15 bits per heavy atom. The van der Waals surface area contributed by atoms with Gasteiger partial charge in [0.2, 0.25) is 0 Å². The van der Waals surface area contributed by atoms with Gasteiger partial charge in [0.25, 0.3) is 0 Å². The lowest BCUT2D eigenvalue weighted by molar-refractivity contribution is 0.155. The SMILES string of the molecule is O[C@H]1CCCc2ccc(OCC3CC4CCC3C4)cc21. The Bertz CT molecular complexity index is 496. The zero-order chi connectivity index (χ0) is 13.5. The van der Waals surface area contributed by atoms with Gasteiger partial charge in [-0.1, -0.05) is 12.5 Å². The molecule has 0 aliphatic heterocycles. The maximum absolute atomic E-state index is 10.1. The third kappa shape index (κ3) is 2.24. The van der Waals surface area contributed by atoms with E-state index in [1.807, 2.05) is 0 Å². The second-order valence-corrected chi connectivity index (χ2v) is 7.01. The number of ether oxygens (including phenoxy) is 1. The van der Waals surface area contributed by atoms with Crippen LogP contribution in [0.15, 0.2) is 18.2 Å². The van der Waals surface area contributed by atoms with E-state index in [9.17, 15) is 5.11 Å². The molecule has 0 radical (unpaired) electrons. The molecular weight excluding hydrogens is 248 g/mol. The lowest BCUT2D eigenvalue weighted by atomic mass is 9.89. The number of fused-ring (bicyclic) bond motifs is 3. The number of aryl methyl sites for hydroxylation is 1. The van der Waals surface area contributed by atoms with Crippen LogP contribution in [-0.4, -0.2) is 11.7 Å². The standard InChI is InChI=1S/C18H24O2/c19-18-3-1-2-13-6-7-16(10-17(13)18)20-11-15-9-12-4-5-14(15)8-12/h6-7,10,12,14-15,18-19H,1-5,8-9,11H2/t12?,14?,15?,18-/m0/s1. The molecule has 4 rings (SSSR count). The minimum absolute atomic E-state index is 0.287. The molecular formula is C18H24O2. The molecule has 4 atom stereocenters. The van der Waals surface area contributed by atoms with Gasteiger partial charge >= 0.3 is 0 Å². The lowest BCUT2D eigenvalue weighted by Gasteiger charge is -2.24. The summed E-state index contributed by atoms with van der Waals surface area (Å²) in [5, 5.41) is 10.1. The maximum atomic E-state index is 10.1. The molecule has 2 saturated carbocycles. The van der Waals surface area contributed by atoms with Crippen molar-refractivity contribution in [1.29, 1.82) is 0 Å². The molecule has 1 aromatic carbocycles. The van der Waals surface area contributed by atoms with Crippen LogP contribution in [0.4, 0.5) is 0 Å². The van der Waals surface area contributed by atoms with Crippen molar-refractivity contribution >= 4 is 0 Å². The molecule has 0 heterocycles. The first kappa shape index (κ1) is 12.7. The molecule has 0 aromatic heterocycles. The van der Waals surface area contributed by atoms with Crippen LogP contribution in [0.25, 0.3) is 0 Å². The second-order valence-electron chi connectivity index (χ2n) is 7.01. The Morgan fingerprint density at radius 3 is 2.90 bits per heavy atom. The first-order chi connectivity index (χ1) is 9.79. The summed E-state index contributed by atoms with van der Waals surface area (Å²) in [5.41, 5.74) is 2.40.